The number of furan rings is 1. The average molecular weight is 383 g/mol. The van der Waals surface area contributed by atoms with Crippen LogP contribution in [0.2, 0.25) is 0 Å². The van der Waals surface area contributed by atoms with Gasteiger partial charge >= 0.3 is 5.97 Å². The zero-order valence-corrected chi connectivity index (χ0v) is 14.8. The van der Waals surface area contributed by atoms with E-state index in [1.807, 2.05) is 0 Å². The number of hydrogen-bond donors (Lipinski definition) is 3. The molecule has 0 unspecified atom stereocenters. The third-order valence-electron chi connectivity index (χ3n) is 4.16. The smallest absolute Gasteiger partial charge is 0.335 e. The predicted molar refractivity (Wildman–Crippen MR) is 98.1 cm³/mol. The maximum Gasteiger partial charge on any atom is 0.335 e. The summed E-state index contributed by atoms with van der Waals surface area (Å²) in [5.41, 5.74) is 5.28. The first-order valence-electron chi connectivity index (χ1n) is 8.31. The maximum absolute atomic E-state index is 11.9. The minimum absolute atomic E-state index is 0.0893. The van der Waals surface area contributed by atoms with Crippen molar-refractivity contribution in [2.75, 3.05) is 0 Å². The van der Waals surface area contributed by atoms with Crippen LogP contribution in [0.3, 0.4) is 0 Å². The molecule has 1 aromatic carbocycles. The van der Waals surface area contributed by atoms with Crippen molar-refractivity contribution in [3.63, 3.8) is 0 Å². The summed E-state index contributed by atoms with van der Waals surface area (Å²) in [5.74, 6) is -2.58. The third-order valence-corrected chi connectivity index (χ3v) is 4.16. The number of carboxylic acids is 1. The monoisotopic (exact) mass is 383 g/mol. The second kappa shape index (κ2) is 7.43. The van der Waals surface area contributed by atoms with Gasteiger partial charge in [0.05, 0.1) is 11.5 Å². The molecule has 3 rings (SSSR count). The number of benzene rings is 1. The number of amides is 1. The number of carbonyl (C=O) groups excluding carboxylic acids is 1. The quantitative estimate of drug-likeness (QED) is 0.593. The van der Waals surface area contributed by atoms with Crippen LogP contribution in [0, 0.1) is 6.92 Å². The molecule has 1 amide bonds. The summed E-state index contributed by atoms with van der Waals surface area (Å²) in [6.45, 7) is 1.54. The van der Waals surface area contributed by atoms with Gasteiger partial charge in [0, 0.05) is 18.1 Å². The van der Waals surface area contributed by atoms with Crippen LogP contribution in [0.5, 0.6) is 5.75 Å². The Hall–Kier alpha value is -3.81. The Bertz CT molecular complexity index is 1110. The molecule has 0 bridgehead atoms. The van der Waals surface area contributed by atoms with E-state index in [1.54, 1.807) is 24.3 Å². The number of carboxylic acid groups (broad SMARTS) is 1. The zero-order chi connectivity index (χ0) is 20.4. The number of nitrogens with two attached hydrogens (primary N) is 1. The van der Waals surface area contributed by atoms with Gasteiger partial charge in [-0.25, -0.2) is 4.79 Å². The Kier molecular flexibility index (Phi) is 5.04. The van der Waals surface area contributed by atoms with E-state index in [0.29, 0.717) is 11.3 Å². The van der Waals surface area contributed by atoms with Crippen LogP contribution in [0.4, 0.5) is 0 Å². The molecule has 3 aromatic rings. The summed E-state index contributed by atoms with van der Waals surface area (Å²) in [5, 5.41) is 19.3. The molecule has 0 spiro atoms. The highest BCUT2D eigenvalue weighted by Crippen LogP contribution is 2.35. The number of rotatable bonds is 6. The molecule has 144 valence electrons. The molecule has 0 saturated heterocycles. The second-order valence-corrected chi connectivity index (χ2v) is 6.25. The standard InChI is InChI=1S/C20H17NO7/c1-10-7-14(22)18(24)19(27-10)13(9-17(21)23)16-6-5-15(28-16)11-3-2-4-12(8-11)20(25)26/h2-8,13,24H,9H2,1H3,(H2,21,23)(H,25,26)/t13-/m1/s1. The molecule has 1 atom stereocenters. The lowest BCUT2D eigenvalue weighted by Crippen LogP contribution is -2.17. The largest absolute Gasteiger partial charge is 0.502 e. The van der Waals surface area contributed by atoms with E-state index in [2.05, 4.69) is 0 Å². The summed E-state index contributed by atoms with van der Waals surface area (Å²) in [4.78, 5) is 34.6. The van der Waals surface area contributed by atoms with E-state index >= 15 is 0 Å². The lowest BCUT2D eigenvalue weighted by atomic mass is 9.97. The number of carbonyl (C=O) groups is 2. The Morgan fingerprint density at radius 3 is 2.57 bits per heavy atom. The summed E-state index contributed by atoms with van der Waals surface area (Å²) in [6, 6.07) is 10.4. The first kappa shape index (κ1) is 19.0. The minimum Gasteiger partial charge on any atom is -0.502 e. The molecule has 8 heteroatoms. The SMILES string of the molecule is Cc1cc(=O)c(O)c([C@H](CC(N)=O)c2ccc(-c3cccc(C(=O)O)c3)o2)o1. The van der Waals surface area contributed by atoms with Crippen molar-refractivity contribution >= 4 is 11.9 Å². The molecule has 0 radical (unpaired) electrons. The van der Waals surface area contributed by atoms with E-state index < -0.39 is 29.0 Å². The average Bonchev–Trinajstić information content (AvgIpc) is 3.12. The Morgan fingerprint density at radius 2 is 1.89 bits per heavy atom. The zero-order valence-electron chi connectivity index (χ0n) is 14.8. The molecule has 0 aliphatic carbocycles. The van der Waals surface area contributed by atoms with E-state index in [-0.39, 0.29) is 29.3 Å². The fraction of sp³-hybridized carbons (Fsp3) is 0.150. The molecule has 4 N–H and O–H groups in total. The third kappa shape index (κ3) is 3.80. The topological polar surface area (TPSA) is 144 Å². The van der Waals surface area contributed by atoms with Gasteiger partial charge in [0.2, 0.25) is 17.1 Å². The van der Waals surface area contributed by atoms with Crippen molar-refractivity contribution in [3.8, 4) is 17.1 Å². The van der Waals surface area contributed by atoms with Crippen LogP contribution < -0.4 is 11.2 Å². The van der Waals surface area contributed by atoms with Crippen molar-refractivity contribution < 1.29 is 28.6 Å². The van der Waals surface area contributed by atoms with Crippen LogP contribution in [0.15, 0.2) is 56.1 Å². The van der Waals surface area contributed by atoms with Crippen molar-refractivity contribution in [1.29, 1.82) is 0 Å². The van der Waals surface area contributed by atoms with Gasteiger partial charge in [-0.15, -0.1) is 0 Å². The fourth-order valence-electron chi connectivity index (χ4n) is 2.89. The Balaban J connectivity index is 2.07. The van der Waals surface area contributed by atoms with Crippen molar-refractivity contribution in [3.05, 3.63) is 75.5 Å². The summed E-state index contributed by atoms with van der Waals surface area (Å²) >= 11 is 0. The maximum atomic E-state index is 11.9. The molecule has 0 aliphatic heterocycles. The Labute approximate surface area is 158 Å². The molecular weight excluding hydrogens is 366 g/mol. The van der Waals surface area contributed by atoms with E-state index in [0.717, 1.165) is 6.07 Å². The summed E-state index contributed by atoms with van der Waals surface area (Å²) in [6.07, 6.45) is -0.262. The van der Waals surface area contributed by atoms with Crippen LogP contribution in [-0.4, -0.2) is 22.1 Å². The molecule has 0 fully saturated rings. The molecule has 0 aliphatic rings. The van der Waals surface area contributed by atoms with Crippen molar-refractivity contribution in [2.24, 2.45) is 5.73 Å². The highest BCUT2D eigenvalue weighted by atomic mass is 16.4. The molecule has 0 saturated carbocycles. The molecular formula is C20H17NO7. The molecule has 2 heterocycles. The lowest BCUT2D eigenvalue weighted by molar-refractivity contribution is -0.118. The van der Waals surface area contributed by atoms with Gasteiger partial charge in [0.1, 0.15) is 17.3 Å². The van der Waals surface area contributed by atoms with Crippen LogP contribution in [0.25, 0.3) is 11.3 Å². The summed E-state index contributed by atoms with van der Waals surface area (Å²) in [7, 11) is 0. The number of hydrogen-bond acceptors (Lipinski definition) is 6. The van der Waals surface area contributed by atoms with Crippen LogP contribution >= 0.6 is 0 Å². The lowest BCUT2D eigenvalue weighted by Gasteiger charge is -2.14. The van der Waals surface area contributed by atoms with Crippen molar-refractivity contribution in [1.82, 2.24) is 0 Å². The van der Waals surface area contributed by atoms with Crippen LogP contribution in [0.1, 0.15) is 40.0 Å². The van der Waals surface area contributed by atoms with Crippen LogP contribution in [-0.2, 0) is 4.79 Å². The number of aryl methyl sites for hydroxylation is 1. The van der Waals surface area contributed by atoms with Gasteiger partial charge in [0.15, 0.2) is 5.76 Å². The predicted octanol–water partition coefficient (Wildman–Crippen LogP) is 2.62. The van der Waals surface area contributed by atoms with Gasteiger partial charge in [-0.05, 0) is 31.2 Å². The molecule has 8 nitrogen and oxygen atoms in total. The molecule has 28 heavy (non-hydrogen) atoms. The second-order valence-electron chi connectivity index (χ2n) is 6.25. The summed E-state index contributed by atoms with van der Waals surface area (Å²) < 4.78 is 11.3. The highest BCUT2D eigenvalue weighted by molar-refractivity contribution is 5.89. The van der Waals surface area contributed by atoms with Gasteiger partial charge in [-0.1, -0.05) is 12.1 Å². The Morgan fingerprint density at radius 1 is 1.14 bits per heavy atom. The number of primary amides is 1. The van der Waals surface area contributed by atoms with Crippen molar-refractivity contribution in [2.45, 2.75) is 19.3 Å². The normalized spacial score (nSPS) is 11.9. The number of aromatic hydroxyl groups is 1. The molecule has 2 aromatic heterocycles. The fourth-order valence-corrected chi connectivity index (χ4v) is 2.89. The van der Waals surface area contributed by atoms with Gasteiger partial charge in [-0.3, -0.25) is 9.59 Å². The first-order chi connectivity index (χ1) is 13.3. The van der Waals surface area contributed by atoms with E-state index in [1.165, 1.54) is 19.1 Å². The van der Waals surface area contributed by atoms with Gasteiger partial charge in [-0.2, -0.15) is 0 Å². The van der Waals surface area contributed by atoms with E-state index in [4.69, 9.17) is 19.7 Å². The highest BCUT2D eigenvalue weighted by Gasteiger charge is 2.28. The van der Waals surface area contributed by atoms with E-state index in [9.17, 15) is 19.5 Å². The number of aromatic carboxylic acids is 1. The van der Waals surface area contributed by atoms with Gasteiger partial charge in [0.25, 0.3) is 0 Å². The van der Waals surface area contributed by atoms with Gasteiger partial charge < -0.3 is 24.8 Å². The first-order valence-corrected chi connectivity index (χ1v) is 8.31. The minimum atomic E-state index is -1.08.